The maximum absolute atomic E-state index is 11.6. The zero-order valence-corrected chi connectivity index (χ0v) is 10.3. The number of methoxy groups -OCH3 is 1. The Morgan fingerprint density at radius 3 is 2.94 bits per heavy atom. The quantitative estimate of drug-likeness (QED) is 0.843. The summed E-state index contributed by atoms with van der Waals surface area (Å²) < 4.78 is 5.06. The van der Waals surface area contributed by atoms with Gasteiger partial charge in [0.1, 0.15) is 5.69 Å². The molecule has 0 aliphatic rings. The van der Waals surface area contributed by atoms with Crippen LogP contribution in [0.4, 0.5) is 0 Å². The maximum atomic E-state index is 11.6. The first-order chi connectivity index (χ1) is 7.65. The van der Waals surface area contributed by atoms with Crippen molar-refractivity contribution in [2.75, 3.05) is 13.7 Å². The average Bonchev–Trinajstić information content (AvgIpc) is 2.29. The van der Waals surface area contributed by atoms with Gasteiger partial charge < -0.3 is 10.1 Å². The smallest absolute Gasteiger partial charge is 0.307 e. The van der Waals surface area contributed by atoms with Gasteiger partial charge in [-0.25, -0.2) is 4.98 Å². The number of nitrogens with zero attached hydrogens (tertiary/aromatic N) is 1. The first-order valence-corrected chi connectivity index (χ1v) is 5.40. The highest BCUT2D eigenvalue weighted by atomic mass is 79.9. The highest BCUT2D eigenvalue weighted by Gasteiger charge is 2.10. The van der Waals surface area contributed by atoms with Crippen LogP contribution in [0.3, 0.4) is 0 Å². The largest absolute Gasteiger partial charge is 0.469 e. The number of pyridine rings is 1. The number of carbonyl (C=O) groups excluding carboxylic acids is 2. The maximum Gasteiger partial charge on any atom is 0.307 e. The molecule has 0 aromatic carbocycles. The number of hydrogen-bond donors (Lipinski definition) is 1. The van der Waals surface area contributed by atoms with Crippen molar-refractivity contribution in [1.29, 1.82) is 0 Å². The third-order valence-corrected chi connectivity index (χ3v) is 2.46. The molecule has 0 aliphatic heterocycles. The molecule has 0 saturated carbocycles. The number of nitrogens with one attached hydrogen (secondary N) is 1. The van der Waals surface area contributed by atoms with Gasteiger partial charge in [-0.05, 0) is 28.1 Å². The van der Waals surface area contributed by atoms with Crippen LogP contribution in [0.2, 0.25) is 0 Å². The van der Waals surface area contributed by atoms with Gasteiger partial charge in [0, 0.05) is 17.2 Å². The fraction of sp³-hybridized carbons (Fsp3) is 0.300. The molecule has 0 aliphatic carbocycles. The van der Waals surface area contributed by atoms with E-state index in [-0.39, 0.29) is 24.8 Å². The summed E-state index contributed by atoms with van der Waals surface area (Å²) in [4.78, 5) is 26.3. The predicted octanol–water partition coefficient (Wildman–Crippen LogP) is 1.14. The molecule has 0 spiro atoms. The van der Waals surface area contributed by atoms with Gasteiger partial charge in [0.25, 0.3) is 5.91 Å². The van der Waals surface area contributed by atoms with Crippen LogP contribution >= 0.6 is 15.9 Å². The van der Waals surface area contributed by atoms with Crippen LogP contribution in [0, 0.1) is 0 Å². The average molecular weight is 287 g/mol. The molecule has 1 aromatic rings. The highest BCUT2D eigenvalue weighted by molar-refractivity contribution is 9.10. The Hall–Kier alpha value is -1.43. The number of esters is 1. The molecule has 1 heterocycles. The number of halogens is 1. The van der Waals surface area contributed by atoms with E-state index in [1.807, 2.05) is 0 Å². The molecule has 5 nitrogen and oxygen atoms in total. The van der Waals surface area contributed by atoms with E-state index >= 15 is 0 Å². The molecule has 0 atom stereocenters. The third kappa shape index (κ3) is 3.62. The van der Waals surface area contributed by atoms with Gasteiger partial charge in [0.2, 0.25) is 0 Å². The van der Waals surface area contributed by atoms with Crippen molar-refractivity contribution < 1.29 is 14.3 Å². The van der Waals surface area contributed by atoms with E-state index in [0.29, 0.717) is 10.2 Å². The number of amides is 1. The van der Waals surface area contributed by atoms with Crippen LogP contribution in [0.1, 0.15) is 16.9 Å². The molecule has 0 unspecified atom stereocenters. The molecule has 1 N–H and O–H groups in total. The topological polar surface area (TPSA) is 68.3 Å². The Balaban J connectivity index is 2.47. The molecule has 0 bridgehead atoms. The summed E-state index contributed by atoms with van der Waals surface area (Å²) in [6.45, 7) is 0.231. The Bertz CT molecular complexity index is 395. The fourth-order valence-electron chi connectivity index (χ4n) is 1.02. The van der Waals surface area contributed by atoms with Crippen LogP contribution in [0.25, 0.3) is 0 Å². The van der Waals surface area contributed by atoms with E-state index in [4.69, 9.17) is 0 Å². The molecular weight excluding hydrogens is 276 g/mol. The van der Waals surface area contributed by atoms with E-state index in [1.54, 1.807) is 12.1 Å². The Labute approximate surface area is 101 Å². The number of rotatable bonds is 4. The zero-order chi connectivity index (χ0) is 12.0. The first-order valence-electron chi connectivity index (χ1n) is 4.60. The van der Waals surface area contributed by atoms with Crippen LogP contribution in [0.15, 0.2) is 22.8 Å². The minimum atomic E-state index is -0.361. The summed E-state index contributed by atoms with van der Waals surface area (Å²) >= 11 is 3.22. The second-order valence-electron chi connectivity index (χ2n) is 2.92. The highest BCUT2D eigenvalue weighted by Crippen LogP contribution is 2.12. The van der Waals surface area contributed by atoms with Crippen molar-refractivity contribution >= 4 is 27.8 Å². The number of carbonyl (C=O) groups is 2. The van der Waals surface area contributed by atoms with Gasteiger partial charge in [-0.2, -0.15) is 0 Å². The van der Waals surface area contributed by atoms with Crippen molar-refractivity contribution in [3.05, 3.63) is 28.5 Å². The van der Waals surface area contributed by atoms with Gasteiger partial charge in [-0.15, -0.1) is 0 Å². The molecule has 1 rings (SSSR count). The van der Waals surface area contributed by atoms with Gasteiger partial charge in [-0.3, -0.25) is 9.59 Å². The third-order valence-electron chi connectivity index (χ3n) is 1.82. The predicted molar refractivity (Wildman–Crippen MR) is 60.9 cm³/mol. The van der Waals surface area contributed by atoms with Gasteiger partial charge in [0.15, 0.2) is 0 Å². The van der Waals surface area contributed by atoms with Gasteiger partial charge in [0.05, 0.1) is 13.5 Å². The lowest BCUT2D eigenvalue weighted by Crippen LogP contribution is -2.27. The van der Waals surface area contributed by atoms with Crippen molar-refractivity contribution in [2.45, 2.75) is 6.42 Å². The summed E-state index contributed by atoms with van der Waals surface area (Å²) in [7, 11) is 1.31. The van der Waals surface area contributed by atoms with Crippen LogP contribution in [-0.2, 0) is 9.53 Å². The summed E-state index contributed by atoms with van der Waals surface area (Å²) in [6, 6.07) is 3.44. The summed E-state index contributed by atoms with van der Waals surface area (Å²) in [5.74, 6) is -0.684. The van der Waals surface area contributed by atoms with E-state index < -0.39 is 0 Å². The molecule has 1 amide bonds. The van der Waals surface area contributed by atoms with Crippen LogP contribution in [-0.4, -0.2) is 30.5 Å². The molecule has 0 fully saturated rings. The summed E-state index contributed by atoms with van der Waals surface area (Å²) in [5.41, 5.74) is 0.298. The molecule has 86 valence electrons. The Kier molecular flexibility index (Phi) is 4.91. The van der Waals surface area contributed by atoms with Crippen molar-refractivity contribution in [3.63, 3.8) is 0 Å². The molecule has 0 saturated heterocycles. The van der Waals surface area contributed by atoms with Crippen LogP contribution in [0.5, 0.6) is 0 Å². The molecule has 1 aromatic heterocycles. The van der Waals surface area contributed by atoms with Gasteiger partial charge in [-0.1, -0.05) is 0 Å². The second kappa shape index (κ2) is 6.22. The van der Waals surface area contributed by atoms with Crippen molar-refractivity contribution in [2.24, 2.45) is 0 Å². The lowest BCUT2D eigenvalue weighted by molar-refractivity contribution is -0.140. The number of aromatic nitrogens is 1. The SMILES string of the molecule is COC(=O)CCNC(=O)c1ncccc1Br. The summed E-state index contributed by atoms with van der Waals surface area (Å²) in [5, 5.41) is 2.57. The Morgan fingerprint density at radius 1 is 1.56 bits per heavy atom. The van der Waals surface area contributed by atoms with Gasteiger partial charge >= 0.3 is 5.97 Å². The Morgan fingerprint density at radius 2 is 2.31 bits per heavy atom. The minimum absolute atomic E-state index is 0.146. The fourth-order valence-corrected chi connectivity index (χ4v) is 1.45. The normalized spacial score (nSPS) is 9.62. The second-order valence-corrected chi connectivity index (χ2v) is 3.77. The molecule has 6 heteroatoms. The van der Waals surface area contributed by atoms with E-state index in [1.165, 1.54) is 13.3 Å². The number of ether oxygens (including phenoxy) is 1. The number of hydrogen-bond acceptors (Lipinski definition) is 4. The monoisotopic (exact) mass is 286 g/mol. The lowest BCUT2D eigenvalue weighted by atomic mass is 10.3. The van der Waals surface area contributed by atoms with Crippen molar-refractivity contribution in [1.82, 2.24) is 10.3 Å². The standard InChI is InChI=1S/C10H11BrN2O3/c1-16-8(14)4-6-13-10(15)9-7(11)3-2-5-12-9/h2-3,5H,4,6H2,1H3,(H,13,15). The van der Waals surface area contributed by atoms with E-state index in [0.717, 1.165) is 0 Å². The van der Waals surface area contributed by atoms with E-state index in [2.05, 4.69) is 31.0 Å². The molecule has 0 radical (unpaired) electrons. The zero-order valence-electron chi connectivity index (χ0n) is 8.70. The minimum Gasteiger partial charge on any atom is -0.469 e. The lowest BCUT2D eigenvalue weighted by Gasteiger charge is -2.04. The summed E-state index contributed by atoms with van der Waals surface area (Å²) in [6.07, 6.45) is 1.67. The first kappa shape index (κ1) is 12.6. The van der Waals surface area contributed by atoms with Crippen LogP contribution < -0.4 is 5.32 Å². The molecular formula is C10H11BrN2O3. The van der Waals surface area contributed by atoms with E-state index in [9.17, 15) is 9.59 Å². The van der Waals surface area contributed by atoms with Crippen molar-refractivity contribution in [3.8, 4) is 0 Å². The molecule has 16 heavy (non-hydrogen) atoms.